The van der Waals surface area contributed by atoms with E-state index >= 15 is 0 Å². The standard InChI is InChI=1S/C10H18O2/c1-7-4-8(5-9(11)12)6-10(7,2)3/h7-8H,4-6H2,1-3H3,(H,11,12). The summed E-state index contributed by atoms with van der Waals surface area (Å²) >= 11 is 0. The van der Waals surface area contributed by atoms with E-state index in [1.54, 1.807) is 0 Å². The van der Waals surface area contributed by atoms with Gasteiger partial charge in [-0.3, -0.25) is 4.79 Å². The lowest BCUT2D eigenvalue weighted by molar-refractivity contribution is -0.138. The van der Waals surface area contributed by atoms with Crippen LogP contribution in [0.2, 0.25) is 0 Å². The molecule has 0 saturated heterocycles. The zero-order valence-corrected chi connectivity index (χ0v) is 8.13. The first-order valence-corrected chi connectivity index (χ1v) is 4.63. The minimum absolute atomic E-state index is 0.347. The molecule has 0 bridgehead atoms. The Balaban J connectivity index is 2.49. The van der Waals surface area contributed by atoms with Crippen LogP contribution < -0.4 is 0 Å². The smallest absolute Gasteiger partial charge is 0.303 e. The molecule has 1 saturated carbocycles. The van der Waals surface area contributed by atoms with Crippen LogP contribution in [-0.4, -0.2) is 11.1 Å². The van der Waals surface area contributed by atoms with E-state index in [1.807, 2.05) is 0 Å². The molecule has 1 rings (SSSR count). The van der Waals surface area contributed by atoms with E-state index in [1.165, 1.54) is 0 Å². The van der Waals surface area contributed by atoms with E-state index in [2.05, 4.69) is 20.8 Å². The minimum Gasteiger partial charge on any atom is -0.481 e. The van der Waals surface area contributed by atoms with Gasteiger partial charge in [0.2, 0.25) is 0 Å². The monoisotopic (exact) mass is 170 g/mol. The van der Waals surface area contributed by atoms with Crippen molar-refractivity contribution in [1.82, 2.24) is 0 Å². The van der Waals surface area contributed by atoms with Crippen LogP contribution in [0, 0.1) is 17.3 Å². The van der Waals surface area contributed by atoms with Gasteiger partial charge in [0.1, 0.15) is 0 Å². The van der Waals surface area contributed by atoms with E-state index in [0.717, 1.165) is 12.8 Å². The van der Waals surface area contributed by atoms with Gasteiger partial charge in [0.15, 0.2) is 0 Å². The van der Waals surface area contributed by atoms with E-state index in [-0.39, 0.29) is 0 Å². The molecule has 0 spiro atoms. The molecule has 1 aliphatic rings. The summed E-state index contributed by atoms with van der Waals surface area (Å²) in [5, 5.41) is 8.63. The van der Waals surface area contributed by atoms with E-state index in [0.29, 0.717) is 23.7 Å². The SMILES string of the molecule is CC1CC(CC(=O)O)CC1(C)C. The number of carboxylic acids is 1. The summed E-state index contributed by atoms with van der Waals surface area (Å²) in [4.78, 5) is 10.5. The lowest BCUT2D eigenvalue weighted by atomic mass is 9.83. The van der Waals surface area contributed by atoms with Gasteiger partial charge in [0.25, 0.3) is 0 Å². The van der Waals surface area contributed by atoms with Crippen LogP contribution >= 0.6 is 0 Å². The lowest BCUT2D eigenvalue weighted by Crippen LogP contribution is -2.13. The molecule has 0 amide bonds. The van der Waals surface area contributed by atoms with Crippen LogP contribution in [0.1, 0.15) is 40.0 Å². The van der Waals surface area contributed by atoms with Crippen molar-refractivity contribution in [3.8, 4) is 0 Å². The first kappa shape index (κ1) is 9.56. The molecular formula is C10H18O2. The van der Waals surface area contributed by atoms with Crippen molar-refractivity contribution in [3.05, 3.63) is 0 Å². The largest absolute Gasteiger partial charge is 0.481 e. The molecule has 0 radical (unpaired) electrons. The van der Waals surface area contributed by atoms with Gasteiger partial charge in [-0.25, -0.2) is 0 Å². The number of hydrogen-bond acceptors (Lipinski definition) is 1. The fraction of sp³-hybridized carbons (Fsp3) is 0.900. The Bertz CT molecular complexity index is 184. The van der Waals surface area contributed by atoms with Gasteiger partial charge in [0, 0.05) is 6.42 Å². The summed E-state index contributed by atoms with van der Waals surface area (Å²) in [5.41, 5.74) is 0.347. The van der Waals surface area contributed by atoms with Crippen LogP contribution in [0.5, 0.6) is 0 Å². The highest BCUT2D eigenvalue weighted by molar-refractivity contribution is 5.67. The maximum Gasteiger partial charge on any atom is 0.303 e. The maximum absolute atomic E-state index is 10.5. The molecule has 0 aliphatic heterocycles. The Kier molecular flexibility index (Phi) is 2.45. The van der Waals surface area contributed by atoms with Crippen molar-refractivity contribution in [3.63, 3.8) is 0 Å². The summed E-state index contributed by atoms with van der Waals surface area (Å²) in [6, 6.07) is 0. The zero-order valence-electron chi connectivity index (χ0n) is 8.13. The van der Waals surface area contributed by atoms with Crippen LogP contribution in [0.3, 0.4) is 0 Å². The van der Waals surface area contributed by atoms with Gasteiger partial charge in [-0.2, -0.15) is 0 Å². The Morgan fingerprint density at radius 2 is 2.17 bits per heavy atom. The molecular weight excluding hydrogens is 152 g/mol. The van der Waals surface area contributed by atoms with E-state index < -0.39 is 5.97 Å². The molecule has 1 fully saturated rings. The van der Waals surface area contributed by atoms with Crippen molar-refractivity contribution in [2.45, 2.75) is 40.0 Å². The second kappa shape index (κ2) is 3.08. The first-order valence-electron chi connectivity index (χ1n) is 4.63. The second-order valence-corrected chi connectivity index (χ2v) is 4.79. The molecule has 12 heavy (non-hydrogen) atoms. The van der Waals surface area contributed by atoms with Crippen molar-refractivity contribution in [2.24, 2.45) is 17.3 Å². The summed E-state index contributed by atoms with van der Waals surface area (Å²) < 4.78 is 0. The molecule has 1 aliphatic carbocycles. The van der Waals surface area contributed by atoms with Gasteiger partial charge >= 0.3 is 5.97 Å². The third kappa shape index (κ3) is 1.99. The molecule has 0 aromatic rings. The Morgan fingerprint density at radius 1 is 1.58 bits per heavy atom. The highest BCUT2D eigenvalue weighted by Crippen LogP contribution is 2.46. The van der Waals surface area contributed by atoms with Crippen LogP contribution in [0.4, 0.5) is 0 Å². The van der Waals surface area contributed by atoms with Crippen molar-refractivity contribution in [2.75, 3.05) is 0 Å². The third-order valence-electron chi connectivity index (χ3n) is 3.30. The predicted molar refractivity (Wildman–Crippen MR) is 47.9 cm³/mol. The van der Waals surface area contributed by atoms with Crippen molar-refractivity contribution >= 4 is 5.97 Å². The Hall–Kier alpha value is -0.530. The van der Waals surface area contributed by atoms with Crippen LogP contribution in [0.15, 0.2) is 0 Å². The number of rotatable bonds is 2. The summed E-state index contributed by atoms with van der Waals surface area (Å²) in [7, 11) is 0. The summed E-state index contributed by atoms with van der Waals surface area (Å²) in [6.45, 7) is 6.70. The zero-order chi connectivity index (χ0) is 9.35. The number of carboxylic acid groups (broad SMARTS) is 1. The van der Waals surface area contributed by atoms with Gasteiger partial charge in [0.05, 0.1) is 0 Å². The Morgan fingerprint density at radius 3 is 2.50 bits per heavy atom. The second-order valence-electron chi connectivity index (χ2n) is 4.79. The number of hydrogen-bond donors (Lipinski definition) is 1. The predicted octanol–water partition coefficient (Wildman–Crippen LogP) is 2.53. The average Bonchev–Trinajstić information content (AvgIpc) is 2.04. The molecule has 0 heterocycles. The number of aliphatic carboxylic acids is 1. The topological polar surface area (TPSA) is 37.3 Å². The van der Waals surface area contributed by atoms with Gasteiger partial charge in [-0.15, -0.1) is 0 Å². The van der Waals surface area contributed by atoms with E-state index in [4.69, 9.17) is 5.11 Å². The fourth-order valence-corrected chi connectivity index (χ4v) is 2.25. The maximum atomic E-state index is 10.5. The minimum atomic E-state index is -0.648. The molecule has 2 nitrogen and oxygen atoms in total. The quantitative estimate of drug-likeness (QED) is 0.691. The lowest BCUT2D eigenvalue weighted by Gasteiger charge is -2.22. The molecule has 70 valence electrons. The summed E-state index contributed by atoms with van der Waals surface area (Å²) in [6.07, 6.45) is 2.51. The highest BCUT2D eigenvalue weighted by atomic mass is 16.4. The molecule has 2 heteroatoms. The number of carbonyl (C=O) groups is 1. The van der Waals surface area contributed by atoms with Crippen LogP contribution in [-0.2, 0) is 4.79 Å². The fourth-order valence-electron chi connectivity index (χ4n) is 2.25. The van der Waals surface area contributed by atoms with Gasteiger partial charge < -0.3 is 5.11 Å². The molecule has 0 aromatic heterocycles. The highest BCUT2D eigenvalue weighted by Gasteiger charge is 2.37. The Labute approximate surface area is 74.0 Å². The molecule has 0 aromatic carbocycles. The van der Waals surface area contributed by atoms with E-state index in [9.17, 15) is 4.79 Å². The third-order valence-corrected chi connectivity index (χ3v) is 3.30. The van der Waals surface area contributed by atoms with Gasteiger partial charge in [-0.05, 0) is 30.1 Å². The van der Waals surface area contributed by atoms with Crippen LogP contribution in [0.25, 0.3) is 0 Å². The first-order chi connectivity index (χ1) is 5.42. The van der Waals surface area contributed by atoms with Gasteiger partial charge in [-0.1, -0.05) is 20.8 Å². The average molecular weight is 170 g/mol. The van der Waals surface area contributed by atoms with Crippen molar-refractivity contribution < 1.29 is 9.90 Å². The van der Waals surface area contributed by atoms with Crippen molar-refractivity contribution in [1.29, 1.82) is 0 Å². The summed E-state index contributed by atoms with van der Waals surface area (Å²) in [5.74, 6) is 0.430. The normalized spacial score (nSPS) is 33.6. The molecule has 2 atom stereocenters. The molecule has 2 unspecified atom stereocenters. The molecule has 1 N–H and O–H groups in total.